The van der Waals surface area contributed by atoms with Gasteiger partial charge in [0.2, 0.25) is 5.88 Å². The summed E-state index contributed by atoms with van der Waals surface area (Å²) in [4.78, 5) is 4.16. The first kappa shape index (κ1) is 10.7. The Hall–Kier alpha value is -0.800. The van der Waals surface area contributed by atoms with Gasteiger partial charge in [-0.15, -0.1) is 0 Å². The van der Waals surface area contributed by atoms with Gasteiger partial charge < -0.3 is 10.5 Å². The Morgan fingerprint density at radius 1 is 1.53 bits per heavy atom. The monoisotopic (exact) mass is 226 g/mol. The minimum atomic E-state index is 0.0833. The summed E-state index contributed by atoms with van der Waals surface area (Å²) in [5.74, 6) is 0.835. The van der Waals surface area contributed by atoms with Crippen LogP contribution in [0.5, 0.6) is 5.88 Å². The quantitative estimate of drug-likeness (QED) is 0.841. The van der Waals surface area contributed by atoms with Crippen molar-refractivity contribution >= 4 is 11.6 Å². The van der Waals surface area contributed by atoms with Crippen molar-refractivity contribution in [3.63, 3.8) is 0 Å². The van der Waals surface area contributed by atoms with Crippen LogP contribution in [0.15, 0.2) is 12.3 Å². The van der Waals surface area contributed by atoms with Crippen LogP contribution < -0.4 is 10.5 Å². The van der Waals surface area contributed by atoms with Crippen LogP contribution in [-0.4, -0.2) is 18.1 Å². The summed E-state index contributed by atoms with van der Waals surface area (Å²) >= 11 is 6.16. The molecule has 0 saturated heterocycles. The number of halogens is 1. The van der Waals surface area contributed by atoms with Gasteiger partial charge in [-0.05, 0) is 11.5 Å². The molecule has 2 unspecified atom stereocenters. The second-order valence-electron chi connectivity index (χ2n) is 4.54. The van der Waals surface area contributed by atoms with Crippen molar-refractivity contribution in [1.82, 2.24) is 4.98 Å². The first-order valence-electron chi connectivity index (χ1n) is 4.94. The minimum Gasteiger partial charge on any atom is -0.481 e. The predicted octanol–water partition coefficient (Wildman–Crippen LogP) is 2.19. The highest BCUT2D eigenvalue weighted by molar-refractivity contribution is 6.31. The summed E-state index contributed by atoms with van der Waals surface area (Å²) in [5.41, 5.74) is 7.05. The van der Waals surface area contributed by atoms with E-state index in [4.69, 9.17) is 22.1 Å². The fourth-order valence-electron chi connectivity index (χ4n) is 2.11. The first-order valence-corrected chi connectivity index (χ1v) is 5.32. The molecule has 15 heavy (non-hydrogen) atoms. The number of hydrogen-bond donors (Lipinski definition) is 1. The summed E-state index contributed by atoms with van der Waals surface area (Å²) in [7, 11) is 1.60. The molecule has 0 bridgehead atoms. The third-order valence-corrected chi connectivity index (χ3v) is 3.64. The maximum atomic E-state index is 6.16. The molecule has 1 fully saturated rings. The Balaban J connectivity index is 2.45. The van der Waals surface area contributed by atoms with Crippen LogP contribution in [0.25, 0.3) is 0 Å². The van der Waals surface area contributed by atoms with E-state index < -0.39 is 0 Å². The van der Waals surface area contributed by atoms with E-state index in [1.807, 2.05) is 0 Å². The molecule has 82 valence electrons. The summed E-state index contributed by atoms with van der Waals surface area (Å²) in [6.45, 7) is 4.26. The van der Waals surface area contributed by atoms with Crippen molar-refractivity contribution in [3.8, 4) is 5.88 Å². The highest BCUT2D eigenvalue weighted by Gasteiger charge is 2.58. The lowest BCUT2D eigenvalue weighted by atomic mass is 10.0. The molecule has 2 rings (SSSR count). The minimum absolute atomic E-state index is 0.0833. The van der Waals surface area contributed by atoms with Crippen molar-refractivity contribution in [2.75, 3.05) is 7.11 Å². The molecule has 0 amide bonds. The molecular formula is C11H15ClN2O. The van der Waals surface area contributed by atoms with Gasteiger partial charge in [0, 0.05) is 23.7 Å². The number of nitrogens with two attached hydrogens (primary N) is 1. The van der Waals surface area contributed by atoms with Crippen LogP contribution in [0.1, 0.15) is 25.3 Å². The summed E-state index contributed by atoms with van der Waals surface area (Å²) in [5, 5.41) is 0.688. The maximum absolute atomic E-state index is 6.16. The first-order chi connectivity index (χ1) is 7.00. The fourth-order valence-corrected chi connectivity index (χ4v) is 2.36. The molecule has 1 aromatic heterocycles. The van der Waals surface area contributed by atoms with Crippen LogP contribution in [-0.2, 0) is 0 Å². The second-order valence-corrected chi connectivity index (χ2v) is 4.95. The second kappa shape index (κ2) is 3.35. The van der Waals surface area contributed by atoms with Gasteiger partial charge in [0.25, 0.3) is 0 Å². The smallest absolute Gasteiger partial charge is 0.218 e. The number of hydrogen-bond acceptors (Lipinski definition) is 3. The van der Waals surface area contributed by atoms with E-state index >= 15 is 0 Å². The largest absolute Gasteiger partial charge is 0.481 e. The Bertz CT molecular complexity index is 392. The highest BCUT2D eigenvalue weighted by Crippen LogP contribution is 2.60. The normalized spacial score (nSPS) is 27.5. The third kappa shape index (κ3) is 1.50. The zero-order chi connectivity index (χ0) is 11.2. The van der Waals surface area contributed by atoms with Crippen LogP contribution >= 0.6 is 11.6 Å². The van der Waals surface area contributed by atoms with Crippen molar-refractivity contribution in [2.24, 2.45) is 11.1 Å². The number of rotatable bonds is 2. The standard InChI is InChI=1S/C11H15ClN2O/c1-11(2)8(9(11)13)7-6(12)4-5-14-10(7)15-3/h4-5,8-9H,13H2,1-3H3. The van der Waals surface area contributed by atoms with Gasteiger partial charge in [0.15, 0.2) is 0 Å². The lowest BCUT2D eigenvalue weighted by Gasteiger charge is -2.09. The highest BCUT2D eigenvalue weighted by atomic mass is 35.5. The van der Waals surface area contributed by atoms with Crippen LogP contribution in [0.2, 0.25) is 5.02 Å². The Kier molecular flexibility index (Phi) is 2.40. The fraction of sp³-hybridized carbons (Fsp3) is 0.545. The molecule has 2 N–H and O–H groups in total. The average Bonchev–Trinajstić information content (AvgIpc) is 2.66. The van der Waals surface area contributed by atoms with E-state index in [1.54, 1.807) is 19.4 Å². The molecule has 4 heteroatoms. The third-order valence-electron chi connectivity index (χ3n) is 3.32. The van der Waals surface area contributed by atoms with Crippen molar-refractivity contribution in [2.45, 2.75) is 25.8 Å². The van der Waals surface area contributed by atoms with Gasteiger partial charge in [0.05, 0.1) is 12.1 Å². The molecular weight excluding hydrogens is 212 g/mol. The molecule has 1 heterocycles. The molecule has 1 aliphatic rings. The van der Waals surface area contributed by atoms with Crippen LogP contribution in [0.4, 0.5) is 0 Å². The Labute approximate surface area is 94.6 Å². The van der Waals surface area contributed by atoms with E-state index in [-0.39, 0.29) is 17.4 Å². The van der Waals surface area contributed by atoms with E-state index in [0.717, 1.165) is 5.56 Å². The van der Waals surface area contributed by atoms with E-state index in [2.05, 4.69) is 18.8 Å². The summed E-state index contributed by atoms with van der Waals surface area (Å²) in [6, 6.07) is 1.91. The van der Waals surface area contributed by atoms with Gasteiger partial charge >= 0.3 is 0 Å². The lowest BCUT2D eigenvalue weighted by molar-refractivity contribution is 0.390. The lowest BCUT2D eigenvalue weighted by Crippen LogP contribution is -2.06. The molecule has 0 radical (unpaired) electrons. The number of methoxy groups -OCH3 is 1. The van der Waals surface area contributed by atoms with Gasteiger partial charge in [-0.25, -0.2) is 4.98 Å². The van der Waals surface area contributed by atoms with Crippen LogP contribution in [0.3, 0.4) is 0 Å². The maximum Gasteiger partial charge on any atom is 0.218 e. The predicted molar refractivity (Wildman–Crippen MR) is 60.3 cm³/mol. The molecule has 0 spiro atoms. The van der Waals surface area contributed by atoms with E-state index in [0.29, 0.717) is 10.9 Å². The zero-order valence-electron chi connectivity index (χ0n) is 9.12. The summed E-state index contributed by atoms with van der Waals surface area (Å²) in [6.07, 6.45) is 1.64. The van der Waals surface area contributed by atoms with Gasteiger partial charge in [-0.3, -0.25) is 0 Å². The number of nitrogens with zero attached hydrogens (tertiary/aromatic N) is 1. The van der Waals surface area contributed by atoms with Crippen LogP contribution in [0, 0.1) is 5.41 Å². The Morgan fingerprint density at radius 2 is 2.13 bits per heavy atom. The molecule has 0 aromatic carbocycles. The molecule has 0 aliphatic heterocycles. The molecule has 1 aliphatic carbocycles. The van der Waals surface area contributed by atoms with Crippen molar-refractivity contribution in [1.29, 1.82) is 0 Å². The number of aromatic nitrogens is 1. The molecule has 3 nitrogen and oxygen atoms in total. The van der Waals surface area contributed by atoms with Gasteiger partial charge in [-0.1, -0.05) is 25.4 Å². The molecule has 1 aromatic rings. The zero-order valence-corrected chi connectivity index (χ0v) is 9.88. The molecule has 1 saturated carbocycles. The van der Waals surface area contributed by atoms with Gasteiger partial charge in [0.1, 0.15) is 0 Å². The topological polar surface area (TPSA) is 48.1 Å². The summed E-state index contributed by atoms with van der Waals surface area (Å²) < 4.78 is 5.22. The Morgan fingerprint density at radius 3 is 2.60 bits per heavy atom. The van der Waals surface area contributed by atoms with E-state index in [1.165, 1.54) is 0 Å². The number of ether oxygens (including phenoxy) is 1. The average molecular weight is 227 g/mol. The van der Waals surface area contributed by atoms with Crippen molar-refractivity contribution < 1.29 is 4.74 Å². The SMILES string of the molecule is COc1nccc(Cl)c1C1C(N)C1(C)C. The van der Waals surface area contributed by atoms with Gasteiger partial charge in [-0.2, -0.15) is 0 Å². The molecule has 2 atom stereocenters. The van der Waals surface area contributed by atoms with Crippen molar-refractivity contribution in [3.05, 3.63) is 22.8 Å². The van der Waals surface area contributed by atoms with E-state index in [9.17, 15) is 0 Å². The number of pyridine rings is 1.